The quantitative estimate of drug-likeness (QED) is 0.305. The first-order chi connectivity index (χ1) is 2.00. The minimum Gasteiger partial charge on any atom is -1.00 e. The van der Waals surface area contributed by atoms with Crippen molar-refractivity contribution in [2.45, 2.75) is 0 Å². The molecule has 0 bridgehead atoms. The molecule has 0 aliphatic carbocycles. The fourth-order valence-electron chi connectivity index (χ4n) is 0. The molecular formula is H11O4PSr4. The Labute approximate surface area is 214 Å². The smallest absolute Gasteiger partial charge is 1.00 e. The van der Waals surface area contributed by atoms with Gasteiger partial charge in [0.2, 0.25) is 0 Å². The molecule has 3 N–H and O–H groups in total. The van der Waals surface area contributed by atoms with Gasteiger partial charge in [-0.1, -0.05) is 0 Å². The molecule has 48 valence electrons. The second-order valence-corrected chi connectivity index (χ2v) is 1.54. The third-order valence-electron chi connectivity index (χ3n) is 0. The molecule has 0 rings (SSSR count). The zero-order valence-corrected chi connectivity index (χ0v) is 19.8. The van der Waals surface area contributed by atoms with E-state index in [-0.39, 0.29) is 193 Å². The summed E-state index contributed by atoms with van der Waals surface area (Å²) in [4.78, 5) is 21.6. The molecule has 0 unspecified atom stereocenters. The van der Waals surface area contributed by atoms with Crippen molar-refractivity contribution in [3.63, 3.8) is 0 Å². The summed E-state index contributed by atoms with van der Waals surface area (Å²) in [6, 6.07) is 0. The van der Waals surface area contributed by atoms with Crippen molar-refractivity contribution in [1.29, 1.82) is 0 Å². The number of hydrogen-bond acceptors (Lipinski definition) is 1. The molecule has 0 spiro atoms. The second-order valence-electron chi connectivity index (χ2n) is 0.513. The summed E-state index contributed by atoms with van der Waals surface area (Å²) in [5.74, 6) is 0. The Morgan fingerprint density at radius 1 is 0.889 bits per heavy atom. The molecule has 0 atom stereocenters. The summed E-state index contributed by atoms with van der Waals surface area (Å²) in [6.07, 6.45) is 0. The molecule has 0 radical (unpaired) electrons. The molecule has 0 amide bonds. The van der Waals surface area contributed by atoms with Gasteiger partial charge in [-0.15, -0.1) is 0 Å². The molecule has 0 saturated heterocycles. The van der Waals surface area contributed by atoms with Gasteiger partial charge < -0.3 is 26.1 Å². The van der Waals surface area contributed by atoms with Gasteiger partial charge in [0, 0.05) is 0 Å². The van der Waals surface area contributed by atoms with Crippen molar-refractivity contribution < 1.29 is 30.7 Å². The van der Waals surface area contributed by atoms with Crippen LogP contribution in [0.3, 0.4) is 0 Å². The predicted molar refractivity (Wildman–Crippen MR) is 46.2 cm³/mol. The summed E-state index contributed by atoms with van der Waals surface area (Å²) in [7, 11) is -4.64. The molecule has 9 heteroatoms. The van der Waals surface area contributed by atoms with Gasteiger partial charge in [0.05, 0.1) is 0 Å². The molecule has 0 aromatic heterocycles. The predicted octanol–water partition coefficient (Wildman–Crippen LogP) is -1.55. The zero-order chi connectivity index (χ0) is 4.50. The maximum Gasteiger partial charge on any atom is 2.00 e. The minimum absolute atomic E-state index is 0. The van der Waals surface area contributed by atoms with E-state index in [9.17, 15) is 0 Å². The van der Waals surface area contributed by atoms with Crippen LogP contribution < -0.4 is 0 Å². The van der Waals surface area contributed by atoms with Gasteiger partial charge in [-0.25, -0.2) is 4.57 Å². The second kappa shape index (κ2) is 16.5. The Bertz CT molecular complexity index is 75.7. The van der Waals surface area contributed by atoms with Crippen LogP contribution in [0.15, 0.2) is 0 Å². The fraction of sp³-hybridized carbons (Fsp3) is 0. The number of phosphoric acid groups is 1. The molecular weight excluding hydrogens is 445 g/mol. The topological polar surface area (TPSA) is 77.8 Å². The van der Waals surface area contributed by atoms with E-state index in [4.69, 9.17) is 19.2 Å². The Morgan fingerprint density at radius 2 is 0.889 bits per heavy atom. The summed E-state index contributed by atoms with van der Waals surface area (Å²) in [5, 5.41) is 0. The van der Waals surface area contributed by atoms with Crippen LogP contribution in [0.25, 0.3) is 0 Å². The van der Waals surface area contributed by atoms with E-state index in [2.05, 4.69) is 0 Å². The summed E-state index contributed by atoms with van der Waals surface area (Å²) >= 11 is 0. The van der Waals surface area contributed by atoms with Gasteiger partial charge >= 0.3 is 190 Å². The van der Waals surface area contributed by atoms with Crippen LogP contribution in [0, 0.1) is 0 Å². The van der Waals surface area contributed by atoms with E-state index < -0.39 is 7.82 Å². The summed E-state index contributed by atoms with van der Waals surface area (Å²) in [5.41, 5.74) is 0. The fourth-order valence-corrected chi connectivity index (χ4v) is 0. The first kappa shape index (κ1) is 29.4. The SMILES string of the molecule is O=P(O)(O)O.[H-].[H-].[H-].[H-].[H-].[H-].[H-].[H-].[Sr+2].[Sr+2].[Sr+2].[Sr+2]. The van der Waals surface area contributed by atoms with Crippen LogP contribution in [0.4, 0.5) is 0 Å². The van der Waals surface area contributed by atoms with Gasteiger partial charge in [0.25, 0.3) is 0 Å². The average Bonchev–Trinajstić information content (AvgIpc) is 0.722. The Hall–Kier alpha value is 6.03. The van der Waals surface area contributed by atoms with Gasteiger partial charge in [-0.2, -0.15) is 0 Å². The van der Waals surface area contributed by atoms with E-state index in [1.165, 1.54) is 0 Å². The van der Waals surface area contributed by atoms with Crippen molar-refractivity contribution >= 4 is 190 Å². The normalized spacial score (nSPS) is 6.56. The molecule has 0 aromatic carbocycles. The average molecular weight is 457 g/mol. The summed E-state index contributed by atoms with van der Waals surface area (Å²) < 4.78 is 8.88. The molecule has 4 nitrogen and oxygen atoms in total. The maximum atomic E-state index is 8.88. The van der Waals surface area contributed by atoms with E-state index in [1.807, 2.05) is 0 Å². The van der Waals surface area contributed by atoms with Gasteiger partial charge in [0.1, 0.15) is 0 Å². The third-order valence-corrected chi connectivity index (χ3v) is 0. The van der Waals surface area contributed by atoms with Crippen molar-refractivity contribution in [1.82, 2.24) is 0 Å². The first-order valence-electron chi connectivity index (χ1n) is 0.783. The molecule has 9 heavy (non-hydrogen) atoms. The minimum atomic E-state index is -4.64. The number of hydrogen-bond donors (Lipinski definition) is 3. The van der Waals surface area contributed by atoms with Crippen LogP contribution in [-0.2, 0) is 4.57 Å². The number of rotatable bonds is 0. The Morgan fingerprint density at radius 3 is 0.889 bits per heavy atom. The third kappa shape index (κ3) is 55.8. The van der Waals surface area contributed by atoms with Crippen molar-refractivity contribution in [3.05, 3.63) is 0 Å². The molecule has 0 heterocycles. The van der Waals surface area contributed by atoms with Crippen LogP contribution >= 0.6 is 7.82 Å². The molecule has 0 saturated carbocycles. The van der Waals surface area contributed by atoms with E-state index in [1.54, 1.807) is 0 Å². The van der Waals surface area contributed by atoms with Gasteiger partial charge in [0.15, 0.2) is 0 Å². The zero-order valence-electron chi connectivity index (χ0n) is 13.0. The molecule has 0 fully saturated rings. The van der Waals surface area contributed by atoms with Crippen molar-refractivity contribution in [2.75, 3.05) is 0 Å². The van der Waals surface area contributed by atoms with Crippen molar-refractivity contribution in [3.8, 4) is 0 Å². The van der Waals surface area contributed by atoms with Gasteiger partial charge in [-0.05, 0) is 0 Å². The van der Waals surface area contributed by atoms with Crippen LogP contribution in [0.2, 0.25) is 0 Å². The maximum absolute atomic E-state index is 8.88. The van der Waals surface area contributed by atoms with Crippen LogP contribution in [0.1, 0.15) is 11.4 Å². The molecule has 0 aliphatic heterocycles. The standard InChI is InChI=1S/H3O4P.4Sr.8H/c1-5(2,3)4;;;;;;;;;;;;/h(H3,1,2,3,4);;;;;;;;;;;;/q;4*+2;8*-1. The molecule has 0 aromatic rings. The van der Waals surface area contributed by atoms with Crippen LogP contribution in [0.5, 0.6) is 0 Å². The monoisotopic (exact) mass is 458 g/mol. The van der Waals surface area contributed by atoms with E-state index >= 15 is 0 Å². The van der Waals surface area contributed by atoms with E-state index in [0.717, 1.165) is 0 Å². The Balaban J connectivity index is -0.00000000121. The van der Waals surface area contributed by atoms with Crippen molar-refractivity contribution in [2.24, 2.45) is 0 Å². The van der Waals surface area contributed by atoms with E-state index in [0.29, 0.717) is 0 Å². The van der Waals surface area contributed by atoms with Gasteiger partial charge in [-0.3, -0.25) is 0 Å². The van der Waals surface area contributed by atoms with Crippen LogP contribution in [-0.4, -0.2) is 197 Å². The summed E-state index contributed by atoms with van der Waals surface area (Å²) in [6.45, 7) is 0. The largest absolute Gasteiger partial charge is 2.00 e. The first-order valence-corrected chi connectivity index (χ1v) is 2.35. The Kier molecular flexibility index (Phi) is 53.8. The molecule has 0 aliphatic rings.